The molecule has 2 bridgehead atoms. The molecule has 1 aromatic carbocycles. The molecule has 3 N–H and O–H groups in total. The Balaban J connectivity index is 1.64. The van der Waals surface area contributed by atoms with Crippen molar-refractivity contribution in [2.24, 2.45) is 0 Å². The largest absolute Gasteiger partial charge is 0.399 e. The van der Waals surface area contributed by atoms with Gasteiger partial charge in [0.2, 0.25) is 5.91 Å². The van der Waals surface area contributed by atoms with Gasteiger partial charge in [0.05, 0.1) is 24.2 Å². The molecule has 4 atom stereocenters. The fraction of sp³-hybridized carbons (Fsp3) is 0.533. The van der Waals surface area contributed by atoms with Crippen LogP contribution in [0.2, 0.25) is 0 Å². The third-order valence-electron chi connectivity index (χ3n) is 4.24. The number of ether oxygens (including phenoxy) is 1. The van der Waals surface area contributed by atoms with E-state index in [1.165, 1.54) is 0 Å². The minimum atomic E-state index is -0.178. The van der Waals surface area contributed by atoms with Gasteiger partial charge < -0.3 is 15.8 Å². The number of carbonyl (C=O) groups excluding carboxylic acids is 1. The number of fused-ring (bicyclic) bond motifs is 2. The Morgan fingerprint density at radius 1 is 1.47 bits per heavy atom. The van der Waals surface area contributed by atoms with Gasteiger partial charge in [0.1, 0.15) is 0 Å². The van der Waals surface area contributed by atoms with E-state index in [4.69, 9.17) is 10.5 Å². The maximum absolute atomic E-state index is 12.3. The zero-order chi connectivity index (χ0) is 13.4. The summed E-state index contributed by atoms with van der Waals surface area (Å²) in [6.07, 6.45) is 3.75. The van der Waals surface area contributed by atoms with E-state index in [0.717, 1.165) is 24.8 Å². The van der Waals surface area contributed by atoms with E-state index < -0.39 is 0 Å². The number of nitrogens with one attached hydrogen (secondary N) is 1. The highest BCUT2D eigenvalue weighted by molar-refractivity contribution is 5.83. The van der Waals surface area contributed by atoms with Gasteiger partial charge in [0.25, 0.3) is 0 Å². The number of hydrogen-bond donors (Lipinski definition) is 2. The molecule has 2 aliphatic heterocycles. The van der Waals surface area contributed by atoms with E-state index in [1.54, 1.807) is 0 Å². The van der Waals surface area contributed by atoms with Gasteiger partial charge in [-0.1, -0.05) is 12.1 Å². The average Bonchev–Trinajstić information content (AvgIpc) is 3.00. The van der Waals surface area contributed by atoms with Gasteiger partial charge in [0, 0.05) is 5.69 Å². The zero-order valence-corrected chi connectivity index (χ0v) is 11.1. The summed E-state index contributed by atoms with van der Waals surface area (Å²) >= 11 is 0. The number of anilines is 1. The van der Waals surface area contributed by atoms with Crippen molar-refractivity contribution in [1.82, 2.24) is 5.32 Å². The lowest BCUT2D eigenvalue weighted by atomic mass is 9.94. The lowest BCUT2D eigenvalue weighted by Crippen LogP contribution is -2.43. The fourth-order valence-corrected chi connectivity index (χ4v) is 3.08. The number of benzene rings is 1. The Hall–Kier alpha value is -1.55. The number of carbonyl (C=O) groups is 1. The molecule has 2 fully saturated rings. The van der Waals surface area contributed by atoms with Crippen LogP contribution in [0, 0.1) is 0 Å². The highest BCUT2D eigenvalue weighted by atomic mass is 16.5. The summed E-state index contributed by atoms with van der Waals surface area (Å²) in [7, 11) is 0. The first kappa shape index (κ1) is 12.5. The number of nitrogens with two attached hydrogens (primary N) is 1. The van der Waals surface area contributed by atoms with Gasteiger partial charge in [-0.25, -0.2) is 0 Å². The van der Waals surface area contributed by atoms with Crippen LogP contribution < -0.4 is 11.1 Å². The second-order valence-electron chi connectivity index (χ2n) is 5.62. The Kier molecular flexibility index (Phi) is 3.19. The van der Waals surface area contributed by atoms with Gasteiger partial charge >= 0.3 is 0 Å². The molecule has 1 amide bonds. The summed E-state index contributed by atoms with van der Waals surface area (Å²) in [5.41, 5.74) is 7.41. The first-order valence-electron chi connectivity index (χ1n) is 6.95. The number of rotatable bonds is 3. The zero-order valence-electron chi connectivity index (χ0n) is 11.1. The predicted octanol–water partition coefficient (Wildman–Crippen LogP) is 1.81. The molecule has 0 saturated carbocycles. The minimum Gasteiger partial charge on any atom is -0.399 e. The summed E-state index contributed by atoms with van der Waals surface area (Å²) in [5.74, 6) is -0.116. The highest BCUT2D eigenvalue weighted by Gasteiger charge is 2.41. The summed E-state index contributed by atoms with van der Waals surface area (Å²) < 4.78 is 5.76. The van der Waals surface area contributed by atoms with E-state index in [1.807, 2.05) is 31.2 Å². The van der Waals surface area contributed by atoms with Crippen molar-refractivity contribution in [2.45, 2.75) is 50.4 Å². The van der Waals surface area contributed by atoms with Crippen LogP contribution in [0.3, 0.4) is 0 Å². The maximum atomic E-state index is 12.3. The van der Waals surface area contributed by atoms with Crippen LogP contribution >= 0.6 is 0 Å². The Labute approximate surface area is 113 Å². The maximum Gasteiger partial charge on any atom is 0.227 e. The smallest absolute Gasteiger partial charge is 0.227 e. The van der Waals surface area contributed by atoms with E-state index in [0.29, 0.717) is 11.8 Å². The Bertz CT molecular complexity index is 489. The van der Waals surface area contributed by atoms with Gasteiger partial charge in [-0.2, -0.15) is 0 Å². The molecule has 1 aromatic rings. The lowest BCUT2D eigenvalue weighted by molar-refractivity contribution is -0.123. The highest BCUT2D eigenvalue weighted by Crippen LogP contribution is 2.34. The predicted molar refractivity (Wildman–Crippen MR) is 73.7 cm³/mol. The van der Waals surface area contributed by atoms with Crippen molar-refractivity contribution in [1.29, 1.82) is 0 Å². The number of hydrogen-bond acceptors (Lipinski definition) is 3. The molecular weight excluding hydrogens is 240 g/mol. The molecule has 2 saturated heterocycles. The molecule has 0 spiro atoms. The minimum absolute atomic E-state index is 0.0618. The van der Waals surface area contributed by atoms with E-state index in [9.17, 15) is 4.79 Å². The molecule has 0 aromatic heterocycles. The fourth-order valence-electron chi connectivity index (χ4n) is 3.08. The van der Waals surface area contributed by atoms with E-state index in [2.05, 4.69) is 5.32 Å². The second-order valence-corrected chi connectivity index (χ2v) is 5.62. The van der Waals surface area contributed by atoms with Crippen LogP contribution in [0.15, 0.2) is 24.3 Å². The van der Waals surface area contributed by atoms with Crippen LogP contribution in [-0.4, -0.2) is 24.2 Å². The summed E-state index contributed by atoms with van der Waals surface area (Å²) in [4.78, 5) is 12.3. The molecule has 4 unspecified atom stereocenters. The van der Waals surface area contributed by atoms with Crippen molar-refractivity contribution in [3.63, 3.8) is 0 Å². The average molecular weight is 260 g/mol. The first-order chi connectivity index (χ1) is 9.13. The van der Waals surface area contributed by atoms with Gasteiger partial charge in [0.15, 0.2) is 0 Å². The molecule has 19 heavy (non-hydrogen) atoms. The molecule has 4 nitrogen and oxygen atoms in total. The third-order valence-corrected chi connectivity index (χ3v) is 4.24. The molecule has 3 rings (SSSR count). The van der Waals surface area contributed by atoms with Gasteiger partial charge in [-0.3, -0.25) is 4.79 Å². The van der Waals surface area contributed by atoms with E-state index in [-0.39, 0.29) is 24.0 Å². The molecule has 2 aliphatic rings. The summed E-state index contributed by atoms with van der Waals surface area (Å²) in [6, 6.07) is 7.71. The number of nitrogen functional groups attached to an aromatic ring is 1. The first-order valence-corrected chi connectivity index (χ1v) is 6.95. The quantitative estimate of drug-likeness (QED) is 0.815. The van der Waals surface area contributed by atoms with Crippen molar-refractivity contribution < 1.29 is 9.53 Å². The van der Waals surface area contributed by atoms with Crippen LogP contribution in [0.5, 0.6) is 0 Å². The van der Waals surface area contributed by atoms with Crippen molar-refractivity contribution >= 4 is 11.6 Å². The molecule has 4 heteroatoms. The topological polar surface area (TPSA) is 64.3 Å². The normalized spacial score (nSPS) is 30.3. The van der Waals surface area contributed by atoms with E-state index >= 15 is 0 Å². The van der Waals surface area contributed by atoms with Gasteiger partial charge in [-0.15, -0.1) is 0 Å². The summed E-state index contributed by atoms with van der Waals surface area (Å²) in [6.45, 7) is 1.91. The van der Waals surface area contributed by atoms with Crippen molar-refractivity contribution in [3.8, 4) is 0 Å². The molecule has 102 valence electrons. The SMILES string of the molecule is CC(C(=O)NC1CC2CCC1O2)c1cccc(N)c1. The summed E-state index contributed by atoms with van der Waals surface area (Å²) in [5, 5.41) is 3.12. The Morgan fingerprint density at radius 3 is 2.95 bits per heavy atom. The third kappa shape index (κ3) is 2.45. The Morgan fingerprint density at radius 2 is 2.32 bits per heavy atom. The van der Waals surface area contributed by atoms with Crippen LogP contribution in [-0.2, 0) is 9.53 Å². The number of amides is 1. The molecular formula is C15H20N2O2. The molecule has 0 radical (unpaired) electrons. The van der Waals surface area contributed by atoms with Crippen LogP contribution in [0.4, 0.5) is 5.69 Å². The second kappa shape index (κ2) is 4.85. The van der Waals surface area contributed by atoms with Crippen molar-refractivity contribution in [2.75, 3.05) is 5.73 Å². The van der Waals surface area contributed by atoms with Crippen LogP contribution in [0.1, 0.15) is 37.7 Å². The van der Waals surface area contributed by atoms with Gasteiger partial charge in [-0.05, 0) is 43.9 Å². The standard InChI is InChI=1S/C15H20N2O2/c1-9(10-3-2-4-11(16)7-10)15(18)17-13-8-12-5-6-14(13)19-12/h2-4,7,9,12-14H,5-6,8,16H2,1H3,(H,17,18). The lowest BCUT2D eigenvalue weighted by Gasteiger charge is -2.22. The molecule has 0 aliphatic carbocycles. The van der Waals surface area contributed by atoms with Crippen LogP contribution in [0.25, 0.3) is 0 Å². The molecule has 2 heterocycles. The van der Waals surface area contributed by atoms with Crippen molar-refractivity contribution in [3.05, 3.63) is 29.8 Å². The monoisotopic (exact) mass is 260 g/mol.